The van der Waals surface area contributed by atoms with Gasteiger partial charge in [0, 0.05) is 29.8 Å². The maximum Gasteiger partial charge on any atom is 0.303 e. The zero-order valence-corrected chi connectivity index (χ0v) is 17.5. The van der Waals surface area contributed by atoms with E-state index in [1.807, 2.05) is 67.6 Å². The van der Waals surface area contributed by atoms with Crippen LogP contribution in [0.3, 0.4) is 0 Å². The Morgan fingerprint density at radius 2 is 1.73 bits per heavy atom. The first-order chi connectivity index (χ1) is 14.5. The van der Waals surface area contributed by atoms with Gasteiger partial charge >= 0.3 is 5.97 Å². The first-order valence-electron chi connectivity index (χ1n) is 9.88. The third kappa shape index (κ3) is 4.04. The highest BCUT2D eigenvalue weighted by Gasteiger charge is 2.20. The lowest BCUT2D eigenvalue weighted by atomic mass is 10.0. The number of rotatable bonds is 7. The quantitative estimate of drug-likeness (QED) is 0.464. The van der Waals surface area contributed by atoms with Crippen molar-refractivity contribution in [2.45, 2.75) is 32.7 Å². The predicted molar refractivity (Wildman–Crippen MR) is 120 cm³/mol. The molecule has 0 radical (unpaired) electrons. The molecule has 0 amide bonds. The normalized spacial score (nSPS) is 11.1. The minimum atomic E-state index is -0.863. The monoisotopic (exact) mass is 418 g/mol. The zero-order chi connectivity index (χ0) is 21.1. The molecule has 0 fully saturated rings. The summed E-state index contributed by atoms with van der Waals surface area (Å²) in [5.74, 6) is -0.192. The van der Waals surface area contributed by atoms with Crippen LogP contribution in [-0.4, -0.2) is 20.6 Å². The Morgan fingerprint density at radius 1 is 1.07 bits per heavy atom. The molecule has 0 aliphatic heterocycles. The molecule has 4 rings (SSSR count). The number of thiophene rings is 1. The molecule has 0 saturated carbocycles. The number of benzene rings is 2. The molecule has 0 bridgehead atoms. The Morgan fingerprint density at radius 3 is 2.40 bits per heavy atom. The van der Waals surface area contributed by atoms with Crippen molar-refractivity contribution in [1.82, 2.24) is 9.55 Å². The molecule has 2 aromatic carbocycles. The van der Waals surface area contributed by atoms with Crippen molar-refractivity contribution in [2.75, 3.05) is 0 Å². The summed E-state index contributed by atoms with van der Waals surface area (Å²) in [5.41, 5.74) is 2.88. The second kappa shape index (κ2) is 8.63. The SMILES string of the molecule is Cc1sc2nc(Cc3ccccc3)n(CCCC(=O)O)c(=O)c2c1-c1ccccc1. The molecular weight excluding hydrogens is 396 g/mol. The van der Waals surface area contributed by atoms with Gasteiger partial charge in [-0.3, -0.25) is 14.2 Å². The molecule has 2 heterocycles. The number of hydrogen-bond acceptors (Lipinski definition) is 4. The minimum Gasteiger partial charge on any atom is -0.481 e. The van der Waals surface area contributed by atoms with Crippen LogP contribution in [0.15, 0.2) is 65.5 Å². The molecular formula is C24H22N2O3S. The lowest BCUT2D eigenvalue weighted by molar-refractivity contribution is -0.137. The average molecular weight is 419 g/mol. The molecule has 0 unspecified atom stereocenters. The van der Waals surface area contributed by atoms with E-state index < -0.39 is 5.97 Å². The summed E-state index contributed by atoms with van der Waals surface area (Å²) in [4.78, 5) is 31.3. The lowest BCUT2D eigenvalue weighted by Crippen LogP contribution is -2.26. The molecule has 0 atom stereocenters. The Kier molecular flexibility index (Phi) is 5.77. The summed E-state index contributed by atoms with van der Waals surface area (Å²) in [6, 6.07) is 19.8. The van der Waals surface area contributed by atoms with E-state index in [1.54, 1.807) is 4.57 Å². The summed E-state index contributed by atoms with van der Waals surface area (Å²) in [7, 11) is 0. The van der Waals surface area contributed by atoms with Crippen LogP contribution >= 0.6 is 11.3 Å². The number of aromatic nitrogens is 2. The van der Waals surface area contributed by atoms with Gasteiger partial charge < -0.3 is 5.11 Å². The van der Waals surface area contributed by atoms with Gasteiger partial charge in [-0.1, -0.05) is 60.7 Å². The van der Waals surface area contributed by atoms with Crippen molar-refractivity contribution in [2.24, 2.45) is 0 Å². The standard InChI is InChI=1S/C24H22N2O3S/c1-16-21(18-11-6-3-7-12-18)22-23(30-16)25-19(15-17-9-4-2-5-10-17)26(24(22)29)14-8-13-20(27)28/h2-7,9-12H,8,13-15H2,1H3,(H,27,28). The second-order valence-corrected chi connectivity index (χ2v) is 8.43. The highest BCUT2D eigenvalue weighted by atomic mass is 32.1. The van der Waals surface area contributed by atoms with E-state index in [-0.39, 0.29) is 12.0 Å². The van der Waals surface area contributed by atoms with E-state index >= 15 is 0 Å². The number of fused-ring (bicyclic) bond motifs is 1. The van der Waals surface area contributed by atoms with Crippen molar-refractivity contribution in [1.29, 1.82) is 0 Å². The van der Waals surface area contributed by atoms with Crippen molar-refractivity contribution >= 4 is 27.5 Å². The maximum absolute atomic E-state index is 13.6. The molecule has 0 aliphatic carbocycles. The molecule has 5 nitrogen and oxygen atoms in total. The van der Waals surface area contributed by atoms with E-state index in [9.17, 15) is 9.59 Å². The van der Waals surface area contributed by atoms with Crippen LogP contribution in [0.25, 0.3) is 21.3 Å². The third-order valence-electron chi connectivity index (χ3n) is 5.11. The first kappa shape index (κ1) is 20.0. The van der Waals surface area contributed by atoms with Crippen molar-refractivity contribution < 1.29 is 9.90 Å². The van der Waals surface area contributed by atoms with E-state index in [0.29, 0.717) is 30.6 Å². The molecule has 0 aliphatic rings. The summed E-state index contributed by atoms with van der Waals surface area (Å²) < 4.78 is 1.66. The van der Waals surface area contributed by atoms with Crippen molar-refractivity contribution in [3.63, 3.8) is 0 Å². The van der Waals surface area contributed by atoms with E-state index in [4.69, 9.17) is 10.1 Å². The Bertz CT molecular complexity index is 1240. The summed E-state index contributed by atoms with van der Waals surface area (Å²) in [5, 5.41) is 9.65. The molecule has 30 heavy (non-hydrogen) atoms. The highest BCUT2D eigenvalue weighted by Crippen LogP contribution is 2.35. The second-order valence-electron chi connectivity index (χ2n) is 7.22. The van der Waals surface area contributed by atoms with Crippen LogP contribution in [-0.2, 0) is 17.8 Å². The van der Waals surface area contributed by atoms with E-state index in [1.165, 1.54) is 11.3 Å². The average Bonchev–Trinajstić information content (AvgIpc) is 3.07. The topological polar surface area (TPSA) is 72.2 Å². The molecule has 0 saturated heterocycles. The highest BCUT2D eigenvalue weighted by molar-refractivity contribution is 7.19. The van der Waals surface area contributed by atoms with Gasteiger partial charge in [-0.2, -0.15) is 0 Å². The molecule has 4 aromatic rings. The van der Waals surface area contributed by atoms with E-state index in [0.717, 1.165) is 26.4 Å². The number of carboxylic acids is 1. The smallest absolute Gasteiger partial charge is 0.303 e. The number of aryl methyl sites for hydroxylation is 1. The van der Waals surface area contributed by atoms with Gasteiger partial charge in [-0.05, 0) is 24.5 Å². The van der Waals surface area contributed by atoms with Gasteiger partial charge in [0.15, 0.2) is 0 Å². The number of carboxylic acid groups (broad SMARTS) is 1. The van der Waals surface area contributed by atoms with Crippen molar-refractivity contribution in [3.05, 3.63) is 87.3 Å². The minimum absolute atomic E-state index is 0.0173. The Labute approximate surface area is 178 Å². The molecule has 1 N–H and O–H groups in total. The van der Waals surface area contributed by atoms with Crippen LogP contribution in [0.5, 0.6) is 0 Å². The van der Waals surface area contributed by atoms with Gasteiger partial charge in [0.1, 0.15) is 10.7 Å². The van der Waals surface area contributed by atoms with Gasteiger partial charge in [0.25, 0.3) is 5.56 Å². The molecule has 0 spiro atoms. The molecule has 2 aromatic heterocycles. The summed E-state index contributed by atoms with van der Waals surface area (Å²) >= 11 is 1.53. The summed E-state index contributed by atoms with van der Waals surface area (Å²) in [6.07, 6.45) is 0.925. The third-order valence-corrected chi connectivity index (χ3v) is 6.11. The maximum atomic E-state index is 13.6. The van der Waals surface area contributed by atoms with E-state index in [2.05, 4.69) is 0 Å². The molecule has 6 heteroatoms. The van der Waals surface area contributed by atoms with Crippen LogP contribution in [0.1, 0.15) is 29.1 Å². The number of aliphatic carboxylic acids is 1. The zero-order valence-electron chi connectivity index (χ0n) is 16.7. The van der Waals surface area contributed by atoms with Gasteiger partial charge in [0.05, 0.1) is 5.39 Å². The first-order valence-corrected chi connectivity index (χ1v) is 10.7. The fraction of sp³-hybridized carbons (Fsp3) is 0.208. The fourth-order valence-corrected chi connectivity index (χ4v) is 4.78. The van der Waals surface area contributed by atoms with Crippen molar-refractivity contribution in [3.8, 4) is 11.1 Å². The van der Waals surface area contributed by atoms with Crippen LogP contribution < -0.4 is 5.56 Å². The molecule has 152 valence electrons. The van der Waals surface area contributed by atoms with Gasteiger partial charge in [0.2, 0.25) is 0 Å². The van der Waals surface area contributed by atoms with Gasteiger partial charge in [-0.15, -0.1) is 11.3 Å². The Hall–Kier alpha value is -3.25. The largest absolute Gasteiger partial charge is 0.481 e. The van der Waals surface area contributed by atoms with Crippen LogP contribution in [0.2, 0.25) is 0 Å². The predicted octanol–water partition coefficient (Wildman–Crippen LogP) is 4.89. The number of hydrogen-bond donors (Lipinski definition) is 1. The van der Waals surface area contributed by atoms with Gasteiger partial charge in [-0.25, -0.2) is 4.98 Å². The van der Waals surface area contributed by atoms with Crippen LogP contribution in [0, 0.1) is 6.92 Å². The Balaban J connectivity index is 1.88. The van der Waals surface area contributed by atoms with Crippen LogP contribution in [0.4, 0.5) is 0 Å². The number of nitrogens with zero attached hydrogens (tertiary/aromatic N) is 2. The summed E-state index contributed by atoms with van der Waals surface area (Å²) in [6.45, 7) is 2.35. The fourth-order valence-electron chi connectivity index (χ4n) is 3.72. The number of carbonyl (C=O) groups is 1. The lowest BCUT2D eigenvalue weighted by Gasteiger charge is -2.13.